The fourth-order valence-electron chi connectivity index (χ4n) is 1.18. The zero-order chi connectivity index (χ0) is 13.7. The van der Waals surface area contributed by atoms with E-state index in [-0.39, 0.29) is 18.0 Å². The second-order valence-electron chi connectivity index (χ2n) is 3.76. The molecule has 0 bridgehead atoms. The molecule has 18 heavy (non-hydrogen) atoms. The largest absolute Gasteiger partial charge is 0.483 e. The number of hydrogen-bond acceptors (Lipinski definition) is 5. The highest BCUT2D eigenvalue weighted by Gasteiger charge is 2.20. The van der Waals surface area contributed by atoms with Gasteiger partial charge in [0.05, 0.1) is 15.9 Å². The van der Waals surface area contributed by atoms with Gasteiger partial charge in [-0.15, -0.1) is 0 Å². The molecule has 96 valence electrons. The minimum Gasteiger partial charge on any atom is -0.483 e. The van der Waals surface area contributed by atoms with Gasteiger partial charge in [0.2, 0.25) is 0 Å². The van der Waals surface area contributed by atoms with E-state index < -0.39 is 15.5 Å². The van der Waals surface area contributed by atoms with E-state index in [2.05, 4.69) is 0 Å². The van der Waals surface area contributed by atoms with Crippen molar-refractivity contribution in [1.29, 1.82) is 0 Å². The Bertz CT molecular complexity index is 506. The molecular formula is C11H12N2O5. The van der Waals surface area contributed by atoms with Crippen molar-refractivity contribution in [3.63, 3.8) is 0 Å². The summed E-state index contributed by atoms with van der Waals surface area (Å²) in [5.41, 5.74) is 0.266. The molecule has 1 aromatic rings. The van der Waals surface area contributed by atoms with Gasteiger partial charge in [0.1, 0.15) is 6.61 Å². The first kappa shape index (κ1) is 13.6. The number of allylic oxidation sites excluding steroid dienone is 1. The smallest absolute Gasteiger partial charge is 0.317 e. The topological polar surface area (TPSA) is 95.5 Å². The van der Waals surface area contributed by atoms with Crippen LogP contribution in [0.3, 0.4) is 0 Å². The molecule has 0 N–H and O–H groups in total. The summed E-state index contributed by atoms with van der Waals surface area (Å²) in [5.74, 6) is 0.0168. The van der Waals surface area contributed by atoms with Crippen molar-refractivity contribution in [2.75, 3.05) is 6.61 Å². The first-order valence-electron chi connectivity index (χ1n) is 5.11. The summed E-state index contributed by atoms with van der Waals surface area (Å²) in [4.78, 5) is 19.9. The lowest BCUT2D eigenvalue weighted by Gasteiger charge is -2.04. The van der Waals surface area contributed by atoms with Crippen LogP contribution in [0.4, 0.5) is 11.4 Å². The third kappa shape index (κ3) is 3.55. The zero-order valence-corrected chi connectivity index (χ0v) is 9.95. The van der Waals surface area contributed by atoms with Gasteiger partial charge < -0.3 is 4.74 Å². The summed E-state index contributed by atoms with van der Waals surface area (Å²) in [6.07, 6.45) is 1.76. The van der Waals surface area contributed by atoms with Crippen molar-refractivity contribution in [3.05, 3.63) is 50.1 Å². The van der Waals surface area contributed by atoms with Crippen LogP contribution in [0, 0.1) is 20.2 Å². The van der Waals surface area contributed by atoms with Gasteiger partial charge in [-0.3, -0.25) is 20.2 Å². The molecule has 7 heteroatoms. The van der Waals surface area contributed by atoms with Crippen LogP contribution in [0.2, 0.25) is 0 Å². The lowest BCUT2D eigenvalue weighted by Crippen LogP contribution is -2.00. The quantitative estimate of drug-likeness (QED) is 0.456. The first-order chi connectivity index (χ1) is 8.41. The summed E-state index contributed by atoms with van der Waals surface area (Å²) in [6, 6.07) is 3.29. The van der Waals surface area contributed by atoms with Crippen LogP contribution < -0.4 is 4.74 Å². The molecule has 7 nitrogen and oxygen atoms in total. The average Bonchev–Trinajstić information content (AvgIpc) is 2.28. The number of nitro benzene ring substituents is 2. The molecular weight excluding hydrogens is 240 g/mol. The molecule has 0 saturated carbocycles. The van der Waals surface area contributed by atoms with Crippen molar-refractivity contribution in [3.8, 4) is 5.75 Å². The predicted octanol–water partition coefficient (Wildman–Crippen LogP) is 2.85. The van der Waals surface area contributed by atoms with Crippen LogP contribution in [0.25, 0.3) is 0 Å². The standard InChI is InChI=1S/C11H12N2O5/c1-8(2)5-6-18-11-4-3-9(12(14)15)7-10(11)13(16)17/h3-5,7H,6H2,1-2H3. The number of hydrogen-bond donors (Lipinski definition) is 0. The van der Waals surface area contributed by atoms with E-state index in [1.807, 2.05) is 13.8 Å². The maximum absolute atomic E-state index is 10.8. The third-order valence-electron chi connectivity index (χ3n) is 2.08. The Hall–Kier alpha value is -2.44. The van der Waals surface area contributed by atoms with Crippen molar-refractivity contribution in [1.82, 2.24) is 0 Å². The monoisotopic (exact) mass is 252 g/mol. The molecule has 0 spiro atoms. The van der Waals surface area contributed by atoms with E-state index in [4.69, 9.17) is 4.74 Å². The molecule has 0 heterocycles. The number of non-ortho nitro benzene ring substituents is 1. The number of benzene rings is 1. The Morgan fingerprint density at radius 1 is 1.28 bits per heavy atom. The van der Waals surface area contributed by atoms with Gasteiger partial charge in [-0.25, -0.2) is 0 Å². The van der Waals surface area contributed by atoms with Gasteiger partial charge in [0.15, 0.2) is 5.75 Å². The molecule has 0 amide bonds. The fourth-order valence-corrected chi connectivity index (χ4v) is 1.18. The molecule has 0 atom stereocenters. The second kappa shape index (κ2) is 5.76. The molecule has 0 aliphatic rings. The van der Waals surface area contributed by atoms with Crippen molar-refractivity contribution in [2.24, 2.45) is 0 Å². The van der Waals surface area contributed by atoms with Crippen molar-refractivity contribution < 1.29 is 14.6 Å². The summed E-state index contributed by atoms with van der Waals surface area (Å²) in [6.45, 7) is 3.92. The van der Waals surface area contributed by atoms with Gasteiger partial charge in [-0.05, 0) is 26.0 Å². The zero-order valence-electron chi connectivity index (χ0n) is 9.95. The van der Waals surface area contributed by atoms with Gasteiger partial charge >= 0.3 is 5.69 Å². The molecule has 1 rings (SSSR count). The van der Waals surface area contributed by atoms with Gasteiger partial charge in [0.25, 0.3) is 5.69 Å². The minimum atomic E-state index is -0.704. The Morgan fingerprint density at radius 3 is 2.44 bits per heavy atom. The van der Waals surface area contributed by atoms with E-state index in [0.717, 1.165) is 11.6 Å². The first-order valence-corrected chi connectivity index (χ1v) is 5.11. The van der Waals surface area contributed by atoms with Crippen LogP contribution in [0.5, 0.6) is 5.75 Å². The SMILES string of the molecule is CC(C)=CCOc1ccc([N+](=O)[O-])cc1[N+](=O)[O-]. The van der Waals surface area contributed by atoms with E-state index >= 15 is 0 Å². The number of nitro groups is 2. The fraction of sp³-hybridized carbons (Fsp3) is 0.273. The van der Waals surface area contributed by atoms with Gasteiger partial charge in [-0.1, -0.05) is 5.57 Å². The van der Waals surface area contributed by atoms with Crippen LogP contribution in [-0.2, 0) is 0 Å². The lowest BCUT2D eigenvalue weighted by atomic mass is 10.2. The second-order valence-corrected chi connectivity index (χ2v) is 3.76. The third-order valence-corrected chi connectivity index (χ3v) is 2.08. The van der Waals surface area contributed by atoms with E-state index in [1.165, 1.54) is 12.1 Å². The molecule has 0 radical (unpaired) electrons. The Kier molecular flexibility index (Phi) is 4.36. The van der Waals surface area contributed by atoms with Crippen LogP contribution in [-0.4, -0.2) is 16.5 Å². The number of rotatable bonds is 5. The molecule has 0 fully saturated rings. The molecule has 0 aliphatic carbocycles. The maximum atomic E-state index is 10.8. The Morgan fingerprint density at radius 2 is 1.94 bits per heavy atom. The van der Waals surface area contributed by atoms with Crippen LogP contribution >= 0.6 is 0 Å². The highest BCUT2D eigenvalue weighted by atomic mass is 16.6. The van der Waals surface area contributed by atoms with E-state index in [1.54, 1.807) is 6.08 Å². The molecule has 0 unspecified atom stereocenters. The summed E-state index contributed by atoms with van der Waals surface area (Å²) < 4.78 is 5.20. The Labute approximate surface area is 103 Å². The maximum Gasteiger partial charge on any atom is 0.317 e. The highest BCUT2D eigenvalue weighted by Crippen LogP contribution is 2.30. The van der Waals surface area contributed by atoms with E-state index in [9.17, 15) is 20.2 Å². The molecule has 1 aromatic carbocycles. The van der Waals surface area contributed by atoms with Crippen molar-refractivity contribution in [2.45, 2.75) is 13.8 Å². The summed E-state index contributed by atoms with van der Waals surface area (Å²) >= 11 is 0. The number of nitrogens with zero attached hydrogens (tertiary/aromatic N) is 2. The van der Waals surface area contributed by atoms with Gasteiger partial charge in [0, 0.05) is 6.07 Å². The number of ether oxygens (including phenoxy) is 1. The van der Waals surface area contributed by atoms with Crippen LogP contribution in [0.1, 0.15) is 13.8 Å². The lowest BCUT2D eigenvalue weighted by molar-refractivity contribution is -0.394. The highest BCUT2D eigenvalue weighted by molar-refractivity contribution is 5.53. The Balaban J connectivity index is 3.01. The average molecular weight is 252 g/mol. The van der Waals surface area contributed by atoms with Gasteiger partial charge in [-0.2, -0.15) is 0 Å². The van der Waals surface area contributed by atoms with Crippen molar-refractivity contribution >= 4 is 11.4 Å². The molecule has 0 aromatic heterocycles. The minimum absolute atomic E-state index is 0.0168. The van der Waals surface area contributed by atoms with E-state index in [0.29, 0.717) is 0 Å². The normalized spacial score (nSPS) is 9.67. The molecule has 0 aliphatic heterocycles. The summed E-state index contributed by atoms with van der Waals surface area (Å²) in [7, 11) is 0. The summed E-state index contributed by atoms with van der Waals surface area (Å²) in [5, 5.41) is 21.3. The van der Waals surface area contributed by atoms with Crippen LogP contribution in [0.15, 0.2) is 29.8 Å². The molecule has 0 saturated heterocycles. The predicted molar refractivity (Wildman–Crippen MR) is 64.7 cm³/mol.